The number of alkyl halides is 3. The highest BCUT2D eigenvalue weighted by Gasteiger charge is 2.35. The van der Waals surface area contributed by atoms with Crippen molar-refractivity contribution in [2.24, 2.45) is 5.92 Å². The van der Waals surface area contributed by atoms with E-state index in [1.54, 1.807) is 31.2 Å². The normalized spacial score (nSPS) is 18.2. The van der Waals surface area contributed by atoms with E-state index in [1.165, 1.54) is 6.07 Å². The fourth-order valence-electron chi connectivity index (χ4n) is 4.76. The Morgan fingerprint density at radius 2 is 1.81 bits per heavy atom. The standard InChI is InChI=1S/C28H24ClF4N7O3/c1-15-5-4-8-21(27(43)34-12-16-6-2-3-7-18(16)36-26(15)42)39-14-35-19(11-23(39)41)24-20(10-9-17(29)25(24)30)40-13-22(37-38-40)28(31,32)33/h2-3,6-7,9-11,13-15,21H,4-5,8,12H2,1H3,(H,34,43)(H,36,42)/t15-,21+/m1/s1. The first-order chi connectivity index (χ1) is 20.4. The topological polar surface area (TPSA) is 124 Å². The number of amides is 2. The molecule has 0 fully saturated rings. The highest BCUT2D eigenvalue weighted by Crippen LogP contribution is 2.34. The van der Waals surface area contributed by atoms with Gasteiger partial charge in [0, 0.05) is 24.2 Å². The van der Waals surface area contributed by atoms with Crippen molar-refractivity contribution in [3.63, 3.8) is 0 Å². The average molecular weight is 618 g/mol. The summed E-state index contributed by atoms with van der Waals surface area (Å²) in [4.78, 5) is 43.6. The minimum absolute atomic E-state index is 0.0787. The molecule has 43 heavy (non-hydrogen) atoms. The summed E-state index contributed by atoms with van der Waals surface area (Å²) in [7, 11) is 0. The molecule has 1 aliphatic rings. The van der Waals surface area contributed by atoms with Crippen LogP contribution >= 0.6 is 11.6 Å². The lowest BCUT2D eigenvalue weighted by atomic mass is 9.99. The third-order valence-corrected chi connectivity index (χ3v) is 7.42. The van der Waals surface area contributed by atoms with Gasteiger partial charge in [0.1, 0.15) is 6.04 Å². The van der Waals surface area contributed by atoms with Crippen molar-refractivity contribution in [3.8, 4) is 16.9 Å². The van der Waals surface area contributed by atoms with Crippen LogP contribution in [0.15, 0.2) is 59.8 Å². The Labute approximate surface area is 246 Å². The van der Waals surface area contributed by atoms with Gasteiger partial charge in [-0.15, -0.1) is 5.10 Å². The number of hydrogen-bond acceptors (Lipinski definition) is 6. The first kappa shape index (κ1) is 29.9. The molecule has 4 aromatic rings. The average Bonchev–Trinajstić information content (AvgIpc) is 3.47. The second-order valence-corrected chi connectivity index (χ2v) is 10.4. The van der Waals surface area contributed by atoms with Gasteiger partial charge >= 0.3 is 6.18 Å². The summed E-state index contributed by atoms with van der Waals surface area (Å²) < 4.78 is 56.5. The monoisotopic (exact) mass is 617 g/mol. The van der Waals surface area contributed by atoms with E-state index in [4.69, 9.17) is 11.6 Å². The Hall–Kier alpha value is -4.59. The van der Waals surface area contributed by atoms with Crippen LogP contribution in [0.5, 0.6) is 0 Å². The number of carbonyl (C=O) groups excluding carboxylic acids is 2. The molecule has 1 aliphatic heterocycles. The first-order valence-electron chi connectivity index (χ1n) is 13.2. The minimum atomic E-state index is -4.79. The number of carbonyl (C=O) groups is 2. The zero-order valence-corrected chi connectivity index (χ0v) is 23.3. The van der Waals surface area contributed by atoms with Crippen LogP contribution in [-0.2, 0) is 22.3 Å². The van der Waals surface area contributed by atoms with Gasteiger partial charge in [-0.2, -0.15) is 13.2 Å². The third-order valence-electron chi connectivity index (χ3n) is 7.12. The number of nitrogens with zero attached hydrogens (tertiary/aromatic N) is 5. The number of halogens is 5. The lowest BCUT2D eigenvalue weighted by Gasteiger charge is -2.22. The molecule has 2 aromatic heterocycles. The SMILES string of the molecule is C[C@@H]1CCC[C@H](n2cnc(-c3c(-n4cc(C(F)(F)F)nn4)ccc(Cl)c3F)cc2=O)C(=O)NCc2ccccc2NC1=O. The summed E-state index contributed by atoms with van der Waals surface area (Å²) in [6.45, 7) is 1.85. The molecule has 0 bridgehead atoms. The smallest absolute Gasteiger partial charge is 0.350 e. The van der Waals surface area contributed by atoms with Crippen molar-refractivity contribution in [2.45, 2.75) is 44.9 Å². The highest BCUT2D eigenvalue weighted by molar-refractivity contribution is 6.31. The summed E-state index contributed by atoms with van der Waals surface area (Å²) in [5.74, 6) is -2.05. The molecular formula is C28H24ClF4N7O3. The van der Waals surface area contributed by atoms with Crippen molar-refractivity contribution in [3.05, 3.63) is 87.4 Å². The van der Waals surface area contributed by atoms with Crippen molar-refractivity contribution in [2.75, 3.05) is 5.32 Å². The maximum atomic E-state index is 15.3. The number of aromatic nitrogens is 5. The fourth-order valence-corrected chi connectivity index (χ4v) is 4.92. The van der Waals surface area contributed by atoms with Crippen LogP contribution in [0.2, 0.25) is 5.02 Å². The van der Waals surface area contributed by atoms with Crippen LogP contribution in [0.25, 0.3) is 16.9 Å². The number of benzene rings is 2. The van der Waals surface area contributed by atoms with Gasteiger partial charge in [0.15, 0.2) is 11.5 Å². The van der Waals surface area contributed by atoms with E-state index in [-0.39, 0.29) is 46.8 Å². The third kappa shape index (κ3) is 6.28. The minimum Gasteiger partial charge on any atom is -0.350 e. The number of fused-ring (bicyclic) bond motifs is 1. The van der Waals surface area contributed by atoms with Gasteiger partial charge in [-0.05, 0) is 36.6 Å². The Kier molecular flexibility index (Phi) is 8.31. The Bertz CT molecular complexity index is 1750. The molecule has 10 nitrogen and oxygen atoms in total. The maximum Gasteiger partial charge on any atom is 0.436 e. The molecule has 2 aromatic carbocycles. The predicted octanol–water partition coefficient (Wildman–Crippen LogP) is 4.92. The molecule has 15 heteroatoms. The quantitative estimate of drug-likeness (QED) is 0.315. The van der Waals surface area contributed by atoms with Gasteiger partial charge < -0.3 is 10.6 Å². The summed E-state index contributed by atoms with van der Waals surface area (Å²) in [6, 6.07) is 9.32. The lowest BCUT2D eigenvalue weighted by molar-refractivity contribution is -0.141. The number of rotatable bonds is 3. The summed E-state index contributed by atoms with van der Waals surface area (Å²) in [5.41, 5.74) is -1.60. The molecule has 224 valence electrons. The van der Waals surface area contributed by atoms with Crippen LogP contribution < -0.4 is 16.2 Å². The Morgan fingerprint density at radius 3 is 2.53 bits per heavy atom. The van der Waals surface area contributed by atoms with Gasteiger partial charge in [-0.1, -0.05) is 48.4 Å². The van der Waals surface area contributed by atoms with E-state index in [9.17, 15) is 27.6 Å². The van der Waals surface area contributed by atoms with E-state index in [2.05, 4.69) is 25.9 Å². The number of para-hydroxylation sites is 1. The van der Waals surface area contributed by atoms with Gasteiger partial charge in [0.05, 0.1) is 34.5 Å². The molecule has 2 N–H and O–H groups in total. The van der Waals surface area contributed by atoms with Crippen molar-refractivity contribution < 1.29 is 27.2 Å². The molecule has 2 amide bonds. The molecule has 0 saturated carbocycles. The zero-order chi connectivity index (χ0) is 30.9. The summed E-state index contributed by atoms with van der Waals surface area (Å²) >= 11 is 5.97. The molecule has 0 aliphatic carbocycles. The molecule has 0 saturated heterocycles. The summed E-state index contributed by atoms with van der Waals surface area (Å²) in [6.07, 6.45) is -2.09. The first-order valence-corrected chi connectivity index (χ1v) is 13.5. The highest BCUT2D eigenvalue weighted by atomic mass is 35.5. The second kappa shape index (κ2) is 12.0. The molecule has 2 atom stereocenters. The molecule has 0 unspecified atom stereocenters. The van der Waals surface area contributed by atoms with E-state index >= 15 is 4.39 Å². The van der Waals surface area contributed by atoms with Crippen LogP contribution in [0.3, 0.4) is 0 Å². The number of nitrogens with one attached hydrogen (secondary N) is 2. The predicted molar refractivity (Wildman–Crippen MR) is 148 cm³/mol. The second-order valence-electron chi connectivity index (χ2n) is 10.0. The lowest BCUT2D eigenvalue weighted by Crippen LogP contribution is -2.37. The van der Waals surface area contributed by atoms with Gasteiger partial charge in [0.25, 0.3) is 5.56 Å². The van der Waals surface area contributed by atoms with Gasteiger partial charge in [-0.25, -0.2) is 14.1 Å². The van der Waals surface area contributed by atoms with E-state index in [0.717, 1.165) is 23.0 Å². The molecule has 0 radical (unpaired) electrons. The van der Waals surface area contributed by atoms with E-state index in [1.807, 2.05) is 0 Å². The van der Waals surface area contributed by atoms with E-state index in [0.29, 0.717) is 35.0 Å². The fraction of sp³-hybridized carbons (Fsp3) is 0.286. The van der Waals surface area contributed by atoms with Gasteiger partial charge in [0.2, 0.25) is 11.8 Å². The van der Waals surface area contributed by atoms with Crippen LogP contribution in [-0.4, -0.2) is 36.4 Å². The van der Waals surface area contributed by atoms with Crippen LogP contribution in [0.1, 0.15) is 43.5 Å². The molecule has 0 spiro atoms. The van der Waals surface area contributed by atoms with Crippen molar-refractivity contribution in [1.29, 1.82) is 0 Å². The molecule has 3 heterocycles. The van der Waals surface area contributed by atoms with Crippen molar-refractivity contribution in [1.82, 2.24) is 29.9 Å². The Morgan fingerprint density at radius 1 is 1.05 bits per heavy atom. The largest absolute Gasteiger partial charge is 0.436 e. The number of hydrogen-bond donors (Lipinski definition) is 2. The number of anilines is 1. The maximum absolute atomic E-state index is 15.3. The van der Waals surface area contributed by atoms with Crippen LogP contribution in [0, 0.1) is 11.7 Å². The van der Waals surface area contributed by atoms with Crippen LogP contribution in [0.4, 0.5) is 23.2 Å². The van der Waals surface area contributed by atoms with E-state index < -0.39 is 35.2 Å². The zero-order valence-electron chi connectivity index (χ0n) is 22.5. The van der Waals surface area contributed by atoms with Crippen molar-refractivity contribution >= 4 is 29.1 Å². The molecule has 5 rings (SSSR count). The molecular weight excluding hydrogens is 594 g/mol. The van der Waals surface area contributed by atoms with Gasteiger partial charge in [-0.3, -0.25) is 19.0 Å². The Balaban J connectivity index is 1.51. The summed E-state index contributed by atoms with van der Waals surface area (Å²) in [5, 5.41) is 11.9.